The van der Waals surface area contributed by atoms with E-state index < -0.39 is 31.9 Å². The number of hydrogen-bond donors (Lipinski definition) is 1. The van der Waals surface area contributed by atoms with Crippen LogP contribution in [0.3, 0.4) is 0 Å². The van der Waals surface area contributed by atoms with Crippen molar-refractivity contribution in [2.24, 2.45) is 5.10 Å². The minimum absolute atomic E-state index is 0.0247. The van der Waals surface area contributed by atoms with Gasteiger partial charge in [0.05, 0.1) is 22.9 Å². The Labute approximate surface area is 196 Å². The summed E-state index contributed by atoms with van der Waals surface area (Å²) in [4.78, 5) is 0.0247. The maximum absolute atomic E-state index is 13.5. The molecular weight excluding hydrogens is 489 g/mol. The Morgan fingerprint density at radius 1 is 0.939 bits per heavy atom. The van der Waals surface area contributed by atoms with Gasteiger partial charge in [0.25, 0.3) is 10.0 Å². The van der Waals surface area contributed by atoms with Crippen LogP contribution in [0, 0.1) is 5.82 Å². The van der Waals surface area contributed by atoms with Gasteiger partial charge in [-0.05, 0) is 59.7 Å². The molecule has 1 N–H and O–H groups in total. The number of hydrogen-bond acceptors (Lipinski definition) is 5. The molecule has 3 aromatic rings. The maximum Gasteiger partial charge on any atom is 0.279 e. The molecule has 0 saturated heterocycles. The van der Waals surface area contributed by atoms with Crippen molar-refractivity contribution in [2.75, 3.05) is 11.0 Å². The fourth-order valence-electron chi connectivity index (χ4n) is 3.48. The van der Waals surface area contributed by atoms with Crippen LogP contribution >= 0.6 is 11.6 Å². The summed E-state index contributed by atoms with van der Waals surface area (Å²) >= 11 is 5.90. The van der Waals surface area contributed by atoms with Crippen LogP contribution in [0.25, 0.3) is 0 Å². The molecule has 0 fully saturated rings. The Bertz CT molecular complexity index is 1410. The van der Waals surface area contributed by atoms with Gasteiger partial charge in [-0.15, -0.1) is 0 Å². The van der Waals surface area contributed by atoms with E-state index in [-0.39, 0.29) is 11.3 Å². The van der Waals surface area contributed by atoms with Crippen LogP contribution in [0.15, 0.2) is 82.8 Å². The summed E-state index contributed by atoms with van der Waals surface area (Å²) in [6, 6.07) is 17.1. The summed E-state index contributed by atoms with van der Waals surface area (Å²) in [7, 11) is -7.46. The first-order valence-corrected chi connectivity index (χ1v) is 13.4. The topological polar surface area (TPSA) is 95.9 Å². The van der Waals surface area contributed by atoms with Crippen molar-refractivity contribution >= 4 is 43.0 Å². The number of anilines is 1. The predicted octanol–water partition coefficient (Wildman–Crippen LogP) is 4.39. The molecule has 1 atom stereocenters. The highest BCUT2D eigenvalue weighted by Crippen LogP contribution is 2.37. The zero-order valence-electron chi connectivity index (χ0n) is 17.3. The summed E-state index contributed by atoms with van der Waals surface area (Å²) < 4.78 is 66.6. The SMILES string of the molecule is CS(=O)(=O)Nc1ccc(C2=NN(S(=O)(=O)c3ccc(Cl)cc3)C(c3ccc(F)cc3)C2)cc1. The van der Waals surface area contributed by atoms with E-state index in [1.54, 1.807) is 24.3 Å². The first-order chi connectivity index (χ1) is 15.5. The monoisotopic (exact) mass is 507 g/mol. The molecule has 0 spiro atoms. The number of halogens is 2. The molecule has 0 aliphatic carbocycles. The second-order valence-electron chi connectivity index (χ2n) is 7.50. The number of hydrazone groups is 1. The van der Waals surface area contributed by atoms with Crippen LogP contribution < -0.4 is 4.72 Å². The molecule has 0 saturated carbocycles. The molecule has 11 heteroatoms. The van der Waals surface area contributed by atoms with Gasteiger partial charge in [0.1, 0.15) is 5.82 Å². The van der Waals surface area contributed by atoms with E-state index in [9.17, 15) is 21.2 Å². The lowest BCUT2D eigenvalue weighted by molar-refractivity contribution is 0.371. The van der Waals surface area contributed by atoms with Crippen molar-refractivity contribution < 1.29 is 21.2 Å². The number of rotatable bonds is 6. The third kappa shape index (κ3) is 5.18. The van der Waals surface area contributed by atoms with Gasteiger partial charge in [-0.2, -0.15) is 17.9 Å². The smallest absolute Gasteiger partial charge is 0.279 e. The second kappa shape index (κ2) is 8.77. The number of nitrogens with zero attached hydrogens (tertiary/aromatic N) is 2. The standard InChI is InChI=1S/C22H19ClFN3O4S2/c1-32(28,29)26-19-10-4-15(5-11-19)21-14-22(16-2-8-18(24)9-3-16)27(25-21)33(30,31)20-12-6-17(23)7-13-20/h2-13,22,26H,14H2,1H3. The van der Waals surface area contributed by atoms with Gasteiger partial charge in [-0.3, -0.25) is 4.72 Å². The van der Waals surface area contributed by atoms with Crippen molar-refractivity contribution in [3.63, 3.8) is 0 Å². The third-order valence-electron chi connectivity index (χ3n) is 5.01. The summed E-state index contributed by atoms with van der Waals surface area (Å²) in [6.07, 6.45) is 1.30. The molecular formula is C22H19ClFN3O4S2. The molecule has 4 rings (SSSR count). The average Bonchev–Trinajstić information content (AvgIpc) is 3.20. The van der Waals surface area contributed by atoms with Crippen molar-refractivity contribution in [1.82, 2.24) is 4.41 Å². The molecule has 172 valence electrons. The van der Waals surface area contributed by atoms with E-state index in [1.165, 1.54) is 48.5 Å². The van der Waals surface area contributed by atoms with Crippen LogP contribution in [0.4, 0.5) is 10.1 Å². The fraction of sp³-hybridized carbons (Fsp3) is 0.136. The lowest BCUT2D eigenvalue weighted by Crippen LogP contribution is -2.27. The Balaban J connectivity index is 1.73. The molecule has 0 bridgehead atoms. The van der Waals surface area contributed by atoms with E-state index in [1.807, 2.05) is 0 Å². The van der Waals surface area contributed by atoms with Crippen molar-refractivity contribution in [3.05, 3.63) is 94.8 Å². The molecule has 7 nitrogen and oxygen atoms in total. The first kappa shape index (κ1) is 23.2. The molecule has 0 amide bonds. The Morgan fingerprint density at radius 3 is 2.12 bits per heavy atom. The van der Waals surface area contributed by atoms with Crippen LogP contribution in [-0.4, -0.2) is 33.2 Å². The van der Waals surface area contributed by atoms with Crippen LogP contribution in [0.5, 0.6) is 0 Å². The Hall–Kier alpha value is -2.95. The van der Waals surface area contributed by atoms with Crippen molar-refractivity contribution in [3.8, 4) is 0 Å². The quantitative estimate of drug-likeness (QED) is 0.535. The predicted molar refractivity (Wildman–Crippen MR) is 126 cm³/mol. The zero-order chi connectivity index (χ0) is 23.8. The van der Waals surface area contributed by atoms with E-state index in [4.69, 9.17) is 11.6 Å². The van der Waals surface area contributed by atoms with Gasteiger partial charge in [0.2, 0.25) is 10.0 Å². The van der Waals surface area contributed by atoms with Gasteiger partial charge in [0.15, 0.2) is 0 Å². The molecule has 1 heterocycles. The van der Waals surface area contributed by atoms with Gasteiger partial charge in [0, 0.05) is 17.1 Å². The molecule has 33 heavy (non-hydrogen) atoms. The average molecular weight is 508 g/mol. The van der Waals surface area contributed by atoms with Gasteiger partial charge in [-0.25, -0.2) is 12.8 Å². The largest absolute Gasteiger partial charge is 0.284 e. The highest BCUT2D eigenvalue weighted by molar-refractivity contribution is 7.92. The Morgan fingerprint density at radius 2 is 1.55 bits per heavy atom. The molecule has 1 aliphatic heterocycles. The van der Waals surface area contributed by atoms with Gasteiger partial charge < -0.3 is 0 Å². The molecule has 1 unspecified atom stereocenters. The molecule has 0 radical (unpaired) electrons. The number of nitrogens with one attached hydrogen (secondary N) is 1. The Kier molecular flexibility index (Phi) is 6.17. The molecule has 0 aromatic heterocycles. The summed E-state index contributed by atoms with van der Waals surface area (Å²) in [5, 5.41) is 4.81. The van der Waals surface area contributed by atoms with Gasteiger partial charge in [-0.1, -0.05) is 35.9 Å². The van der Waals surface area contributed by atoms with Crippen molar-refractivity contribution in [2.45, 2.75) is 17.4 Å². The normalized spacial score (nSPS) is 16.5. The van der Waals surface area contributed by atoms with E-state index in [2.05, 4.69) is 9.82 Å². The summed E-state index contributed by atoms with van der Waals surface area (Å²) in [5.74, 6) is -0.432. The summed E-state index contributed by atoms with van der Waals surface area (Å²) in [6.45, 7) is 0. The van der Waals surface area contributed by atoms with Gasteiger partial charge >= 0.3 is 0 Å². The highest BCUT2D eigenvalue weighted by atomic mass is 35.5. The number of benzene rings is 3. The lowest BCUT2D eigenvalue weighted by Gasteiger charge is -2.23. The molecule has 3 aromatic carbocycles. The van der Waals surface area contributed by atoms with Crippen LogP contribution in [-0.2, 0) is 20.0 Å². The zero-order valence-corrected chi connectivity index (χ0v) is 19.7. The maximum atomic E-state index is 13.5. The minimum Gasteiger partial charge on any atom is -0.284 e. The van der Waals surface area contributed by atoms with Crippen LogP contribution in [0.2, 0.25) is 5.02 Å². The highest BCUT2D eigenvalue weighted by Gasteiger charge is 2.37. The third-order valence-corrected chi connectivity index (χ3v) is 7.56. The second-order valence-corrected chi connectivity index (χ2v) is 11.5. The molecule has 1 aliphatic rings. The van der Waals surface area contributed by atoms with Crippen molar-refractivity contribution in [1.29, 1.82) is 0 Å². The lowest BCUT2D eigenvalue weighted by atomic mass is 9.99. The fourth-order valence-corrected chi connectivity index (χ4v) is 5.60. The first-order valence-electron chi connectivity index (χ1n) is 9.74. The van der Waals surface area contributed by atoms with E-state index in [0.717, 1.165) is 10.7 Å². The minimum atomic E-state index is -4.03. The van der Waals surface area contributed by atoms with E-state index in [0.29, 0.717) is 27.5 Å². The summed E-state index contributed by atoms with van der Waals surface area (Å²) in [5.41, 5.74) is 2.09. The van der Waals surface area contributed by atoms with E-state index >= 15 is 0 Å². The number of sulfonamides is 2. The van der Waals surface area contributed by atoms with Crippen LogP contribution in [0.1, 0.15) is 23.6 Å².